The van der Waals surface area contributed by atoms with Crippen LogP contribution < -0.4 is 4.74 Å². The molecule has 0 radical (unpaired) electrons. The predicted molar refractivity (Wildman–Crippen MR) is 74.9 cm³/mol. The number of aliphatic hydroxyl groups excluding tert-OH is 1. The van der Waals surface area contributed by atoms with Gasteiger partial charge in [-0.05, 0) is 6.07 Å². The lowest BCUT2D eigenvalue weighted by Gasteiger charge is -2.09. The number of benzene rings is 2. The Bertz CT molecular complexity index is 791. The SMILES string of the molecule is O=C(O)COc1c(CO)ccc2c1[nH]c1ccccc12. The Morgan fingerprint density at radius 2 is 1.95 bits per heavy atom. The summed E-state index contributed by atoms with van der Waals surface area (Å²) >= 11 is 0. The summed E-state index contributed by atoms with van der Waals surface area (Å²) in [5.41, 5.74) is 2.21. The van der Waals surface area contributed by atoms with Crippen LogP contribution in [0, 0.1) is 0 Å². The number of carboxylic acids is 1. The average molecular weight is 271 g/mol. The van der Waals surface area contributed by atoms with Gasteiger partial charge in [0, 0.05) is 21.9 Å². The molecule has 3 aromatic rings. The monoisotopic (exact) mass is 271 g/mol. The van der Waals surface area contributed by atoms with Crippen LogP contribution in [-0.4, -0.2) is 27.8 Å². The van der Waals surface area contributed by atoms with Crippen LogP contribution in [0.2, 0.25) is 0 Å². The number of aliphatic hydroxyl groups is 1. The molecule has 3 N–H and O–H groups in total. The lowest BCUT2D eigenvalue weighted by atomic mass is 10.1. The standard InChI is InChI=1S/C15H13NO4/c17-7-9-5-6-11-10-3-1-2-4-12(10)16-14(11)15(9)20-8-13(18)19/h1-6,16-17H,7-8H2,(H,18,19). The Morgan fingerprint density at radius 1 is 1.15 bits per heavy atom. The highest BCUT2D eigenvalue weighted by molar-refractivity contribution is 6.09. The number of hydrogen-bond acceptors (Lipinski definition) is 3. The molecule has 0 atom stereocenters. The third kappa shape index (κ3) is 1.98. The first-order valence-electron chi connectivity index (χ1n) is 6.18. The Balaban J connectivity index is 2.24. The van der Waals surface area contributed by atoms with E-state index in [0.717, 1.165) is 16.3 Å². The molecule has 1 heterocycles. The topological polar surface area (TPSA) is 82.6 Å². The summed E-state index contributed by atoms with van der Waals surface area (Å²) in [5, 5.41) is 20.1. The lowest BCUT2D eigenvalue weighted by molar-refractivity contribution is -0.139. The van der Waals surface area contributed by atoms with Crippen LogP contribution in [0.3, 0.4) is 0 Å². The van der Waals surface area contributed by atoms with Crippen LogP contribution in [0.25, 0.3) is 21.8 Å². The number of carbonyl (C=O) groups is 1. The summed E-state index contributed by atoms with van der Waals surface area (Å²) in [5.74, 6) is -0.661. The van der Waals surface area contributed by atoms with E-state index < -0.39 is 12.6 Å². The Kier molecular flexibility index (Phi) is 3.04. The summed E-state index contributed by atoms with van der Waals surface area (Å²) in [4.78, 5) is 13.9. The molecule has 0 aliphatic heterocycles. The number of ether oxygens (including phenoxy) is 1. The van der Waals surface area contributed by atoms with Crippen LogP contribution in [0.5, 0.6) is 5.75 Å². The molecule has 0 aliphatic rings. The number of nitrogens with one attached hydrogen (secondary N) is 1. The zero-order valence-corrected chi connectivity index (χ0v) is 10.6. The van der Waals surface area contributed by atoms with E-state index >= 15 is 0 Å². The van der Waals surface area contributed by atoms with E-state index in [1.54, 1.807) is 6.07 Å². The summed E-state index contributed by atoms with van der Waals surface area (Å²) in [6, 6.07) is 11.4. The van der Waals surface area contributed by atoms with Gasteiger partial charge in [-0.1, -0.05) is 30.3 Å². The van der Waals surface area contributed by atoms with Crippen molar-refractivity contribution in [2.45, 2.75) is 6.61 Å². The van der Waals surface area contributed by atoms with Crippen molar-refractivity contribution in [3.05, 3.63) is 42.0 Å². The molecule has 0 saturated heterocycles. The first-order chi connectivity index (χ1) is 9.70. The second-order valence-electron chi connectivity index (χ2n) is 4.49. The van der Waals surface area contributed by atoms with Gasteiger partial charge in [0.2, 0.25) is 0 Å². The number of H-pyrrole nitrogens is 1. The van der Waals surface area contributed by atoms with Crippen LogP contribution in [0.4, 0.5) is 0 Å². The van der Waals surface area contributed by atoms with Gasteiger partial charge < -0.3 is 19.9 Å². The maximum absolute atomic E-state index is 10.7. The van der Waals surface area contributed by atoms with E-state index in [1.807, 2.05) is 30.3 Å². The molecule has 0 spiro atoms. The van der Waals surface area contributed by atoms with Crippen molar-refractivity contribution in [3.8, 4) is 5.75 Å². The van der Waals surface area contributed by atoms with Gasteiger partial charge in [-0.2, -0.15) is 0 Å². The fourth-order valence-corrected chi connectivity index (χ4v) is 2.36. The van der Waals surface area contributed by atoms with Crippen LogP contribution >= 0.6 is 0 Å². The van der Waals surface area contributed by atoms with Crippen LogP contribution in [0.15, 0.2) is 36.4 Å². The normalized spacial score (nSPS) is 11.1. The number of aliphatic carboxylic acids is 1. The molecule has 0 fully saturated rings. The van der Waals surface area contributed by atoms with Crippen molar-refractivity contribution in [1.82, 2.24) is 4.98 Å². The predicted octanol–water partition coefficient (Wildman–Crippen LogP) is 2.28. The first kappa shape index (κ1) is 12.5. The third-order valence-electron chi connectivity index (χ3n) is 3.23. The largest absolute Gasteiger partial charge is 0.479 e. The number of carboxylic acid groups (broad SMARTS) is 1. The number of hydrogen-bond donors (Lipinski definition) is 3. The van der Waals surface area contributed by atoms with Crippen molar-refractivity contribution in [3.63, 3.8) is 0 Å². The van der Waals surface area contributed by atoms with Gasteiger partial charge in [-0.3, -0.25) is 0 Å². The van der Waals surface area contributed by atoms with E-state index in [4.69, 9.17) is 9.84 Å². The van der Waals surface area contributed by atoms with Gasteiger partial charge >= 0.3 is 5.97 Å². The maximum atomic E-state index is 10.7. The number of fused-ring (bicyclic) bond motifs is 3. The molecule has 0 saturated carbocycles. The van der Waals surface area contributed by atoms with Crippen molar-refractivity contribution < 1.29 is 19.7 Å². The summed E-state index contributed by atoms with van der Waals surface area (Å²) in [6.07, 6.45) is 0. The summed E-state index contributed by atoms with van der Waals surface area (Å²) in [6.45, 7) is -0.651. The molecule has 5 heteroatoms. The van der Waals surface area contributed by atoms with E-state index in [2.05, 4.69) is 4.98 Å². The molecule has 0 amide bonds. The van der Waals surface area contributed by atoms with E-state index in [9.17, 15) is 9.90 Å². The highest BCUT2D eigenvalue weighted by Crippen LogP contribution is 2.34. The smallest absolute Gasteiger partial charge is 0.341 e. The van der Waals surface area contributed by atoms with Crippen molar-refractivity contribution in [2.75, 3.05) is 6.61 Å². The maximum Gasteiger partial charge on any atom is 0.341 e. The number of para-hydroxylation sites is 1. The molecule has 0 unspecified atom stereocenters. The average Bonchev–Trinajstić information content (AvgIpc) is 2.83. The minimum Gasteiger partial charge on any atom is -0.479 e. The number of aromatic nitrogens is 1. The van der Waals surface area contributed by atoms with Gasteiger partial charge in [-0.15, -0.1) is 0 Å². The molecule has 0 aliphatic carbocycles. The van der Waals surface area contributed by atoms with Crippen molar-refractivity contribution >= 4 is 27.8 Å². The van der Waals surface area contributed by atoms with E-state index in [1.165, 1.54) is 0 Å². The molecule has 102 valence electrons. The molecular weight excluding hydrogens is 258 g/mol. The quantitative estimate of drug-likeness (QED) is 0.679. The Labute approximate surface area is 114 Å². The minimum absolute atomic E-state index is 0.208. The van der Waals surface area contributed by atoms with Crippen LogP contribution in [0.1, 0.15) is 5.56 Å². The second-order valence-corrected chi connectivity index (χ2v) is 4.49. The van der Waals surface area contributed by atoms with Gasteiger partial charge in [0.1, 0.15) is 5.75 Å². The number of rotatable bonds is 4. The van der Waals surface area contributed by atoms with Crippen molar-refractivity contribution in [1.29, 1.82) is 0 Å². The fraction of sp³-hybridized carbons (Fsp3) is 0.133. The fourth-order valence-electron chi connectivity index (χ4n) is 2.36. The number of aromatic amines is 1. The highest BCUT2D eigenvalue weighted by atomic mass is 16.5. The third-order valence-corrected chi connectivity index (χ3v) is 3.23. The van der Waals surface area contributed by atoms with E-state index in [-0.39, 0.29) is 6.61 Å². The summed E-state index contributed by atoms with van der Waals surface area (Å²) in [7, 11) is 0. The Morgan fingerprint density at radius 3 is 2.70 bits per heavy atom. The Hall–Kier alpha value is -2.53. The van der Waals surface area contributed by atoms with E-state index in [0.29, 0.717) is 16.8 Å². The first-order valence-corrected chi connectivity index (χ1v) is 6.18. The zero-order chi connectivity index (χ0) is 14.1. The second kappa shape index (κ2) is 4.86. The molecule has 3 rings (SSSR count). The van der Waals surface area contributed by atoms with Gasteiger partial charge in [-0.25, -0.2) is 4.79 Å². The zero-order valence-electron chi connectivity index (χ0n) is 10.6. The van der Waals surface area contributed by atoms with Gasteiger partial charge in [0.15, 0.2) is 6.61 Å². The van der Waals surface area contributed by atoms with Crippen molar-refractivity contribution in [2.24, 2.45) is 0 Å². The minimum atomic E-state index is -1.05. The molecule has 20 heavy (non-hydrogen) atoms. The molecule has 5 nitrogen and oxygen atoms in total. The van der Waals surface area contributed by atoms with Gasteiger partial charge in [0.05, 0.1) is 12.1 Å². The molecule has 2 aromatic carbocycles. The van der Waals surface area contributed by atoms with Gasteiger partial charge in [0.25, 0.3) is 0 Å². The molecular formula is C15H13NO4. The lowest BCUT2D eigenvalue weighted by Crippen LogP contribution is -2.11. The highest BCUT2D eigenvalue weighted by Gasteiger charge is 2.14. The molecule has 1 aromatic heterocycles. The van der Waals surface area contributed by atoms with Crippen LogP contribution in [-0.2, 0) is 11.4 Å². The molecule has 0 bridgehead atoms. The summed E-state index contributed by atoms with van der Waals surface area (Å²) < 4.78 is 5.34.